The van der Waals surface area contributed by atoms with Crippen LogP contribution in [0, 0.1) is 0 Å². The highest BCUT2D eigenvalue weighted by molar-refractivity contribution is 5.86. The Morgan fingerprint density at radius 3 is 3.22 bits per heavy atom. The van der Waals surface area contributed by atoms with E-state index in [-0.39, 0.29) is 6.10 Å². The molecule has 4 heteroatoms. The summed E-state index contributed by atoms with van der Waals surface area (Å²) >= 11 is 0. The zero-order valence-corrected chi connectivity index (χ0v) is 10.5. The third-order valence-corrected chi connectivity index (χ3v) is 3.39. The Morgan fingerprint density at radius 1 is 1.39 bits per heavy atom. The molecule has 1 aromatic heterocycles. The maximum Gasteiger partial charge on any atom is 0.128 e. The van der Waals surface area contributed by atoms with E-state index in [1.165, 1.54) is 0 Å². The van der Waals surface area contributed by atoms with Crippen LogP contribution in [0.15, 0.2) is 24.4 Å². The molecule has 1 aromatic carbocycles. The molecule has 0 saturated carbocycles. The lowest BCUT2D eigenvalue weighted by atomic mass is 10.1. The molecule has 1 aliphatic heterocycles. The van der Waals surface area contributed by atoms with Crippen LogP contribution in [0.1, 0.15) is 18.1 Å². The van der Waals surface area contributed by atoms with Gasteiger partial charge in [-0.3, -0.25) is 0 Å². The fourth-order valence-electron chi connectivity index (χ4n) is 2.44. The van der Waals surface area contributed by atoms with E-state index >= 15 is 0 Å². The van der Waals surface area contributed by atoms with E-state index < -0.39 is 0 Å². The lowest BCUT2D eigenvalue weighted by Crippen LogP contribution is -2.20. The second-order valence-corrected chi connectivity index (χ2v) is 4.58. The highest BCUT2D eigenvalue weighted by Gasteiger charge is 2.17. The van der Waals surface area contributed by atoms with Crippen LogP contribution in [0.4, 0.5) is 0 Å². The molecular weight excluding hydrogens is 228 g/mol. The minimum absolute atomic E-state index is 0.106. The standard InChI is InChI=1S/C14H18N2O2/c1-17-13-8-10(7-12-11(13)3-5-16-12)14-9-15-4-2-6-18-14/h3,5,7-8,14-16H,2,4,6,9H2,1H3. The normalized spacial score (nSPS) is 20.8. The van der Waals surface area contributed by atoms with Gasteiger partial charge >= 0.3 is 0 Å². The number of methoxy groups -OCH3 is 1. The molecule has 0 spiro atoms. The van der Waals surface area contributed by atoms with E-state index in [1.54, 1.807) is 7.11 Å². The Morgan fingerprint density at radius 2 is 2.33 bits per heavy atom. The highest BCUT2D eigenvalue weighted by atomic mass is 16.5. The summed E-state index contributed by atoms with van der Waals surface area (Å²) in [7, 11) is 1.71. The fraction of sp³-hybridized carbons (Fsp3) is 0.429. The van der Waals surface area contributed by atoms with Crippen LogP contribution in [-0.2, 0) is 4.74 Å². The number of benzene rings is 1. The SMILES string of the molecule is COc1cc(C2CNCCCO2)cc2[nH]ccc12. The summed E-state index contributed by atoms with van der Waals surface area (Å²) in [6.45, 7) is 2.69. The van der Waals surface area contributed by atoms with Crippen molar-refractivity contribution >= 4 is 10.9 Å². The van der Waals surface area contributed by atoms with Crippen molar-refractivity contribution in [2.45, 2.75) is 12.5 Å². The van der Waals surface area contributed by atoms with Crippen LogP contribution in [0.2, 0.25) is 0 Å². The van der Waals surface area contributed by atoms with E-state index in [9.17, 15) is 0 Å². The molecule has 2 N–H and O–H groups in total. The van der Waals surface area contributed by atoms with Crippen molar-refractivity contribution in [3.8, 4) is 5.75 Å². The molecule has 2 heterocycles. The van der Waals surface area contributed by atoms with Crippen molar-refractivity contribution in [2.75, 3.05) is 26.8 Å². The topological polar surface area (TPSA) is 46.3 Å². The van der Waals surface area contributed by atoms with Crippen LogP contribution in [0.3, 0.4) is 0 Å². The largest absolute Gasteiger partial charge is 0.496 e. The number of hydrogen-bond donors (Lipinski definition) is 2. The van der Waals surface area contributed by atoms with Gasteiger partial charge in [-0.05, 0) is 36.7 Å². The predicted molar refractivity (Wildman–Crippen MR) is 71.0 cm³/mol. The lowest BCUT2D eigenvalue weighted by Gasteiger charge is -2.16. The molecule has 0 aliphatic carbocycles. The van der Waals surface area contributed by atoms with Crippen molar-refractivity contribution in [2.24, 2.45) is 0 Å². The number of ether oxygens (including phenoxy) is 2. The fourth-order valence-corrected chi connectivity index (χ4v) is 2.44. The van der Waals surface area contributed by atoms with Gasteiger partial charge in [0.15, 0.2) is 0 Å². The number of H-pyrrole nitrogens is 1. The van der Waals surface area contributed by atoms with Crippen LogP contribution < -0.4 is 10.1 Å². The summed E-state index contributed by atoms with van der Waals surface area (Å²) in [5.41, 5.74) is 2.26. The average molecular weight is 246 g/mol. The first-order chi connectivity index (χ1) is 8.88. The predicted octanol–water partition coefficient (Wildman–Crippen LogP) is 2.23. The van der Waals surface area contributed by atoms with Gasteiger partial charge in [0, 0.05) is 30.3 Å². The Hall–Kier alpha value is -1.52. The van der Waals surface area contributed by atoms with Crippen molar-refractivity contribution in [1.29, 1.82) is 0 Å². The number of rotatable bonds is 2. The second-order valence-electron chi connectivity index (χ2n) is 4.58. The number of hydrogen-bond acceptors (Lipinski definition) is 3. The third-order valence-electron chi connectivity index (χ3n) is 3.39. The van der Waals surface area contributed by atoms with Gasteiger partial charge in [0.05, 0.1) is 13.2 Å². The number of aromatic amines is 1. The van der Waals surface area contributed by atoms with Gasteiger partial charge in [0.2, 0.25) is 0 Å². The molecule has 0 amide bonds. The van der Waals surface area contributed by atoms with Crippen molar-refractivity contribution in [3.63, 3.8) is 0 Å². The Bertz CT molecular complexity index is 528. The Balaban J connectivity index is 1.99. The smallest absolute Gasteiger partial charge is 0.128 e. The van der Waals surface area contributed by atoms with Crippen molar-refractivity contribution in [3.05, 3.63) is 30.0 Å². The molecular formula is C14H18N2O2. The molecule has 1 unspecified atom stereocenters. The van der Waals surface area contributed by atoms with Crippen LogP contribution in [-0.4, -0.2) is 31.8 Å². The molecule has 3 rings (SSSR count). The third kappa shape index (κ3) is 2.09. The summed E-state index contributed by atoms with van der Waals surface area (Å²) in [6, 6.07) is 6.26. The maximum absolute atomic E-state index is 5.88. The van der Waals surface area contributed by atoms with Gasteiger partial charge in [-0.2, -0.15) is 0 Å². The molecule has 4 nitrogen and oxygen atoms in total. The molecule has 1 fully saturated rings. The minimum atomic E-state index is 0.106. The van der Waals surface area contributed by atoms with Gasteiger partial charge in [0.1, 0.15) is 5.75 Å². The van der Waals surface area contributed by atoms with Gasteiger partial charge in [-0.15, -0.1) is 0 Å². The van der Waals surface area contributed by atoms with Crippen LogP contribution >= 0.6 is 0 Å². The van der Waals surface area contributed by atoms with E-state index in [2.05, 4.69) is 22.4 Å². The zero-order valence-electron chi connectivity index (χ0n) is 10.5. The summed E-state index contributed by atoms with van der Waals surface area (Å²) in [4.78, 5) is 3.23. The molecule has 1 aliphatic rings. The van der Waals surface area contributed by atoms with E-state index in [1.807, 2.05) is 12.3 Å². The molecule has 0 radical (unpaired) electrons. The first-order valence-electron chi connectivity index (χ1n) is 6.36. The van der Waals surface area contributed by atoms with Gasteiger partial charge < -0.3 is 19.8 Å². The van der Waals surface area contributed by atoms with Gasteiger partial charge in [0.25, 0.3) is 0 Å². The average Bonchev–Trinajstić information content (AvgIpc) is 2.71. The Labute approximate surface area is 106 Å². The summed E-state index contributed by atoms with van der Waals surface area (Å²) in [5.74, 6) is 0.900. The van der Waals surface area contributed by atoms with E-state index in [4.69, 9.17) is 9.47 Å². The van der Waals surface area contributed by atoms with E-state index in [0.717, 1.165) is 48.3 Å². The van der Waals surface area contributed by atoms with Gasteiger partial charge in [-0.1, -0.05) is 0 Å². The first-order valence-corrected chi connectivity index (χ1v) is 6.36. The zero-order chi connectivity index (χ0) is 12.4. The van der Waals surface area contributed by atoms with Crippen LogP contribution in [0.25, 0.3) is 10.9 Å². The summed E-state index contributed by atoms with van der Waals surface area (Å²) in [6.07, 6.45) is 3.11. The van der Waals surface area contributed by atoms with E-state index in [0.29, 0.717) is 0 Å². The molecule has 18 heavy (non-hydrogen) atoms. The maximum atomic E-state index is 5.88. The van der Waals surface area contributed by atoms with Gasteiger partial charge in [-0.25, -0.2) is 0 Å². The molecule has 0 bridgehead atoms. The summed E-state index contributed by atoms with van der Waals surface area (Å²) < 4.78 is 11.3. The van der Waals surface area contributed by atoms with Crippen LogP contribution in [0.5, 0.6) is 5.75 Å². The first kappa shape index (κ1) is 11.6. The quantitative estimate of drug-likeness (QED) is 0.854. The lowest BCUT2D eigenvalue weighted by molar-refractivity contribution is 0.0668. The molecule has 96 valence electrons. The number of fused-ring (bicyclic) bond motifs is 1. The summed E-state index contributed by atoms with van der Waals surface area (Å²) in [5, 5.41) is 4.51. The monoisotopic (exact) mass is 246 g/mol. The van der Waals surface area contributed by atoms with Crippen molar-refractivity contribution in [1.82, 2.24) is 10.3 Å². The number of nitrogens with one attached hydrogen (secondary N) is 2. The van der Waals surface area contributed by atoms with Crippen molar-refractivity contribution < 1.29 is 9.47 Å². The number of aromatic nitrogens is 1. The second kappa shape index (κ2) is 5.00. The molecule has 1 saturated heterocycles. The minimum Gasteiger partial charge on any atom is -0.496 e. The highest BCUT2D eigenvalue weighted by Crippen LogP contribution is 2.30. The molecule has 1 atom stereocenters. The molecule has 2 aromatic rings. The Kier molecular flexibility index (Phi) is 3.21.